The Bertz CT molecular complexity index is 1210. The maximum Gasteiger partial charge on any atom is 0.138 e. The topological polar surface area (TPSA) is 20.2 Å². The Morgan fingerprint density at radius 1 is 0.658 bits per heavy atom. The third kappa shape index (κ3) is 5.06. The van der Waals surface area contributed by atoms with Crippen molar-refractivity contribution < 1.29 is 5.11 Å². The van der Waals surface area contributed by atoms with E-state index in [9.17, 15) is 5.11 Å². The van der Waals surface area contributed by atoms with E-state index in [1.807, 2.05) is 0 Å². The Labute approximate surface area is 230 Å². The van der Waals surface area contributed by atoms with Crippen LogP contribution in [0.25, 0.3) is 0 Å². The molecule has 0 amide bonds. The lowest BCUT2D eigenvalue weighted by molar-refractivity contribution is 0.0778. The van der Waals surface area contributed by atoms with Crippen molar-refractivity contribution >= 4 is 36.9 Å². The predicted octanol–water partition coefficient (Wildman–Crippen LogP) is 5.64. The second kappa shape index (κ2) is 11.2. The second-order valence-corrected chi connectivity index (χ2v) is 19.3. The highest BCUT2D eigenvalue weighted by atomic mass is 28.4. The summed E-state index contributed by atoms with van der Waals surface area (Å²) >= 11 is 0. The Kier molecular flexibility index (Phi) is 7.80. The van der Waals surface area contributed by atoms with E-state index in [4.69, 9.17) is 0 Å². The van der Waals surface area contributed by atoms with Crippen molar-refractivity contribution in [1.29, 1.82) is 0 Å². The molecule has 0 radical (unpaired) electrons. The summed E-state index contributed by atoms with van der Waals surface area (Å²) in [6.07, 6.45) is 10.2. The van der Waals surface area contributed by atoms with Crippen LogP contribution in [0.2, 0.25) is 13.1 Å². The number of hydrogen-bond acceptors (Lipinski definition) is 1. The average Bonchev–Trinajstić information content (AvgIpc) is 2.99. The molecule has 0 saturated heterocycles. The molecule has 1 nitrogen and oxygen atoms in total. The number of hydrogen-bond donors (Lipinski definition) is 1. The lowest BCUT2D eigenvalue weighted by atomic mass is 9.88. The van der Waals surface area contributed by atoms with Gasteiger partial charge in [-0.1, -0.05) is 178 Å². The Hall–Kier alpha value is -3.25. The molecule has 38 heavy (non-hydrogen) atoms. The van der Waals surface area contributed by atoms with Crippen molar-refractivity contribution in [2.24, 2.45) is 0 Å². The summed E-state index contributed by atoms with van der Waals surface area (Å²) < 4.78 is 0. The third-order valence-corrected chi connectivity index (χ3v) is 20.1. The fraction of sp³-hybridized carbons (Fsp3) is 0.200. The molecule has 0 saturated carbocycles. The summed E-state index contributed by atoms with van der Waals surface area (Å²) in [6, 6.07) is 44.5. The van der Waals surface area contributed by atoms with Crippen LogP contribution >= 0.6 is 0 Å². The molecule has 0 fully saturated rings. The molecule has 1 aliphatic rings. The van der Waals surface area contributed by atoms with E-state index in [1.54, 1.807) is 4.82 Å². The molecule has 0 aromatic heterocycles. The van der Waals surface area contributed by atoms with Gasteiger partial charge >= 0.3 is 0 Å². The van der Waals surface area contributed by atoms with Crippen LogP contribution in [-0.2, 0) is 0 Å². The maximum atomic E-state index is 11.6. The molecule has 0 aliphatic heterocycles. The van der Waals surface area contributed by atoms with Crippen molar-refractivity contribution in [3.63, 3.8) is 0 Å². The molecule has 1 unspecified atom stereocenters. The van der Waals surface area contributed by atoms with Gasteiger partial charge in [0.1, 0.15) is 16.1 Å². The first-order valence-electron chi connectivity index (χ1n) is 13.8. The number of aliphatic hydroxyl groups is 1. The summed E-state index contributed by atoms with van der Waals surface area (Å²) in [5.41, 5.74) is -0.783. The number of allylic oxidation sites excluding steroid dienone is 1. The van der Waals surface area contributed by atoms with Crippen LogP contribution < -0.4 is 20.7 Å². The number of benzene rings is 4. The fourth-order valence-corrected chi connectivity index (χ4v) is 18.4. The summed E-state index contributed by atoms with van der Waals surface area (Å²) in [7, 11) is -4.92. The van der Waals surface area contributed by atoms with Crippen LogP contribution in [0.5, 0.6) is 0 Å². The van der Waals surface area contributed by atoms with Gasteiger partial charge in [-0.2, -0.15) is 0 Å². The van der Waals surface area contributed by atoms with E-state index in [-0.39, 0.29) is 0 Å². The largest absolute Gasteiger partial charge is 0.385 e. The van der Waals surface area contributed by atoms with Gasteiger partial charge < -0.3 is 5.11 Å². The molecule has 1 N–H and O–H groups in total. The van der Waals surface area contributed by atoms with Crippen molar-refractivity contribution in [1.82, 2.24) is 0 Å². The lowest BCUT2D eigenvalue weighted by Crippen LogP contribution is -2.70. The first kappa shape index (κ1) is 26.4. The van der Waals surface area contributed by atoms with Gasteiger partial charge in [-0.15, -0.1) is 0 Å². The molecule has 5 rings (SSSR count). The number of rotatable bonds is 8. The molecule has 4 aromatic rings. The first-order chi connectivity index (χ1) is 18.5. The van der Waals surface area contributed by atoms with Crippen molar-refractivity contribution in [2.75, 3.05) is 0 Å². The highest BCUT2D eigenvalue weighted by molar-refractivity contribution is 7.24. The predicted molar refractivity (Wildman–Crippen MR) is 168 cm³/mol. The zero-order chi connectivity index (χ0) is 26.5. The van der Waals surface area contributed by atoms with E-state index in [2.05, 4.69) is 153 Å². The van der Waals surface area contributed by atoms with Crippen LogP contribution in [0.3, 0.4) is 0 Å². The van der Waals surface area contributed by atoms with E-state index >= 15 is 0 Å². The maximum absolute atomic E-state index is 11.6. The zero-order valence-corrected chi connectivity index (χ0v) is 24.6. The third-order valence-electron chi connectivity index (χ3n) is 8.55. The van der Waals surface area contributed by atoms with Crippen LogP contribution in [0.4, 0.5) is 0 Å². The Morgan fingerprint density at radius 2 is 1.03 bits per heavy atom. The van der Waals surface area contributed by atoms with E-state index in [0.29, 0.717) is 6.42 Å². The molecule has 1 atom stereocenters. The van der Waals surface area contributed by atoms with Crippen LogP contribution in [-0.4, -0.2) is 26.9 Å². The average molecular weight is 531 g/mol. The van der Waals surface area contributed by atoms with Gasteiger partial charge in [0.05, 0.1) is 5.60 Å². The monoisotopic (exact) mass is 530 g/mol. The molecular formula is C35H38OSi2. The van der Waals surface area contributed by atoms with E-state index in [1.165, 1.54) is 20.7 Å². The van der Waals surface area contributed by atoms with Crippen LogP contribution in [0.1, 0.15) is 25.7 Å². The highest BCUT2D eigenvalue weighted by Crippen LogP contribution is 2.31. The van der Waals surface area contributed by atoms with Crippen molar-refractivity contribution in [3.8, 4) is 0 Å². The summed E-state index contributed by atoms with van der Waals surface area (Å²) in [4.78, 5) is 1.55. The summed E-state index contributed by atoms with van der Waals surface area (Å²) in [5, 5.41) is 17.3. The quantitative estimate of drug-likeness (QED) is 0.231. The molecule has 4 aromatic carbocycles. The first-order valence-corrected chi connectivity index (χ1v) is 18.8. The van der Waals surface area contributed by atoms with Crippen molar-refractivity contribution in [3.05, 3.63) is 144 Å². The molecule has 0 heterocycles. The standard InChI is InChI=1S/C35H38OSi2/c1-37(30-18-8-3-9-19-30,31-20-10-4-11-21-31)34(26-29-35(36)27-16-7-17-28-35)38(2,32-22-12-5-13-23-32)33-24-14-6-15-25-33/h3-6,8-16,18-27,36H,7,17,28-29H2,1-2H3. The second-order valence-electron chi connectivity index (χ2n) is 10.9. The van der Waals surface area contributed by atoms with Gasteiger partial charge in [0.15, 0.2) is 0 Å². The van der Waals surface area contributed by atoms with Gasteiger partial charge in [-0.05, 0) is 25.7 Å². The lowest BCUT2D eigenvalue weighted by Gasteiger charge is -2.43. The molecule has 1 aliphatic carbocycles. The van der Waals surface area contributed by atoms with Gasteiger partial charge in [0.25, 0.3) is 0 Å². The van der Waals surface area contributed by atoms with Gasteiger partial charge in [-0.25, -0.2) is 0 Å². The van der Waals surface area contributed by atoms with Gasteiger partial charge in [0.2, 0.25) is 0 Å². The van der Waals surface area contributed by atoms with E-state index < -0.39 is 21.7 Å². The van der Waals surface area contributed by atoms with Crippen LogP contribution in [0.15, 0.2) is 144 Å². The smallest absolute Gasteiger partial charge is 0.138 e. The Morgan fingerprint density at radius 3 is 1.34 bits per heavy atom. The van der Waals surface area contributed by atoms with Gasteiger partial charge in [-0.3, -0.25) is 0 Å². The summed E-state index contributed by atoms with van der Waals surface area (Å²) in [6.45, 7) is 5.06. The minimum atomic E-state index is -2.46. The SMILES string of the molecule is C[Si](C(=CCC1(O)C=CCCC1)[Si](C)(c1ccccc1)c1ccccc1)(c1ccccc1)c1ccccc1. The molecule has 192 valence electrons. The molecular weight excluding hydrogens is 493 g/mol. The normalized spacial score (nSPS) is 17.7. The molecule has 0 bridgehead atoms. The van der Waals surface area contributed by atoms with Crippen molar-refractivity contribution in [2.45, 2.75) is 44.4 Å². The zero-order valence-electron chi connectivity index (χ0n) is 22.6. The highest BCUT2D eigenvalue weighted by Gasteiger charge is 2.48. The minimum Gasteiger partial charge on any atom is -0.385 e. The molecule has 0 spiro atoms. The summed E-state index contributed by atoms with van der Waals surface area (Å²) in [5.74, 6) is 0. The Balaban J connectivity index is 1.83. The fourth-order valence-electron chi connectivity index (χ4n) is 6.31. The molecule has 3 heteroatoms. The van der Waals surface area contributed by atoms with Crippen LogP contribution in [0, 0.1) is 0 Å². The van der Waals surface area contributed by atoms with Gasteiger partial charge in [0, 0.05) is 0 Å². The van der Waals surface area contributed by atoms with E-state index in [0.717, 1.165) is 19.3 Å². The minimum absolute atomic E-state index is 0.642.